The van der Waals surface area contributed by atoms with Gasteiger partial charge in [-0.1, -0.05) is 26.8 Å². The summed E-state index contributed by atoms with van der Waals surface area (Å²) in [6.45, 7) is 8.72. The van der Waals surface area contributed by atoms with Crippen LogP contribution < -0.4 is 11.1 Å². The lowest BCUT2D eigenvalue weighted by molar-refractivity contribution is 0.0893. The third-order valence-corrected chi connectivity index (χ3v) is 2.93. The zero-order valence-corrected chi connectivity index (χ0v) is 11.7. The number of nitrogens with two attached hydrogens (primary N) is 1. The van der Waals surface area contributed by atoms with E-state index in [4.69, 9.17) is 5.73 Å². The highest BCUT2D eigenvalue weighted by Crippen LogP contribution is 2.21. The Morgan fingerprint density at radius 3 is 2.61 bits per heavy atom. The standard InChI is InChI=1S/C14H23N3O/c1-10-6-5-7-11(16-10)13(18)17-12(8-9-15)14(2,3)4/h5-7,12H,8-9,15H2,1-4H3,(H,17,18). The van der Waals surface area contributed by atoms with E-state index in [1.165, 1.54) is 0 Å². The summed E-state index contributed by atoms with van der Waals surface area (Å²) < 4.78 is 0. The first-order valence-electron chi connectivity index (χ1n) is 6.29. The Morgan fingerprint density at radius 2 is 2.11 bits per heavy atom. The van der Waals surface area contributed by atoms with E-state index < -0.39 is 0 Å². The van der Waals surface area contributed by atoms with Gasteiger partial charge in [-0.15, -0.1) is 0 Å². The molecule has 0 fully saturated rings. The van der Waals surface area contributed by atoms with Crippen LogP contribution in [0.3, 0.4) is 0 Å². The molecule has 4 heteroatoms. The van der Waals surface area contributed by atoms with E-state index in [-0.39, 0.29) is 17.4 Å². The molecule has 1 atom stereocenters. The summed E-state index contributed by atoms with van der Waals surface area (Å²) in [4.78, 5) is 16.3. The summed E-state index contributed by atoms with van der Waals surface area (Å²) in [6.07, 6.45) is 0.765. The fourth-order valence-electron chi connectivity index (χ4n) is 1.79. The maximum absolute atomic E-state index is 12.1. The molecule has 1 amide bonds. The molecular formula is C14H23N3O. The number of aromatic nitrogens is 1. The van der Waals surface area contributed by atoms with Crippen molar-refractivity contribution >= 4 is 5.91 Å². The highest BCUT2D eigenvalue weighted by molar-refractivity contribution is 5.92. The number of amides is 1. The molecule has 0 aliphatic carbocycles. The third-order valence-electron chi connectivity index (χ3n) is 2.93. The summed E-state index contributed by atoms with van der Waals surface area (Å²) in [5, 5.41) is 3.02. The van der Waals surface area contributed by atoms with Crippen LogP contribution in [-0.2, 0) is 0 Å². The number of pyridine rings is 1. The summed E-state index contributed by atoms with van der Waals surface area (Å²) in [6, 6.07) is 5.49. The maximum Gasteiger partial charge on any atom is 0.270 e. The summed E-state index contributed by atoms with van der Waals surface area (Å²) in [5.74, 6) is -0.132. The maximum atomic E-state index is 12.1. The number of nitrogens with one attached hydrogen (secondary N) is 1. The van der Waals surface area contributed by atoms with Gasteiger partial charge < -0.3 is 11.1 Å². The van der Waals surface area contributed by atoms with E-state index in [9.17, 15) is 4.79 Å². The zero-order chi connectivity index (χ0) is 13.8. The second-order valence-electron chi connectivity index (χ2n) is 5.63. The van der Waals surface area contributed by atoms with Gasteiger partial charge in [-0.25, -0.2) is 4.98 Å². The van der Waals surface area contributed by atoms with Crippen LogP contribution in [-0.4, -0.2) is 23.5 Å². The fourth-order valence-corrected chi connectivity index (χ4v) is 1.79. The van der Waals surface area contributed by atoms with Crippen molar-refractivity contribution in [3.8, 4) is 0 Å². The van der Waals surface area contributed by atoms with Crippen molar-refractivity contribution in [2.24, 2.45) is 11.1 Å². The van der Waals surface area contributed by atoms with Crippen LogP contribution in [0.5, 0.6) is 0 Å². The first kappa shape index (κ1) is 14.6. The van der Waals surface area contributed by atoms with E-state index in [1.807, 2.05) is 19.1 Å². The van der Waals surface area contributed by atoms with E-state index in [0.717, 1.165) is 12.1 Å². The lowest BCUT2D eigenvalue weighted by atomic mass is 9.84. The quantitative estimate of drug-likeness (QED) is 0.856. The van der Waals surface area contributed by atoms with Crippen LogP contribution in [0.15, 0.2) is 18.2 Å². The van der Waals surface area contributed by atoms with Gasteiger partial charge in [0.2, 0.25) is 0 Å². The molecular weight excluding hydrogens is 226 g/mol. The van der Waals surface area contributed by atoms with Gasteiger partial charge in [-0.2, -0.15) is 0 Å². The van der Waals surface area contributed by atoms with E-state index in [1.54, 1.807) is 6.07 Å². The Bertz CT molecular complexity index is 410. The molecule has 0 saturated carbocycles. The molecule has 100 valence electrons. The van der Waals surface area contributed by atoms with Crippen LogP contribution in [0.25, 0.3) is 0 Å². The van der Waals surface area contributed by atoms with Crippen LogP contribution in [0.1, 0.15) is 43.4 Å². The molecule has 0 radical (unpaired) electrons. The van der Waals surface area contributed by atoms with Gasteiger partial charge in [0, 0.05) is 11.7 Å². The molecule has 1 heterocycles. The topological polar surface area (TPSA) is 68.0 Å². The number of hydrogen-bond donors (Lipinski definition) is 2. The highest BCUT2D eigenvalue weighted by Gasteiger charge is 2.26. The van der Waals surface area contributed by atoms with Gasteiger partial charge in [0.1, 0.15) is 5.69 Å². The zero-order valence-electron chi connectivity index (χ0n) is 11.7. The minimum absolute atomic E-state index is 0.0150. The van der Waals surface area contributed by atoms with E-state index in [0.29, 0.717) is 12.2 Å². The Kier molecular flexibility index (Phi) is 4.84. The first-order valence-corrected chi connectivity index (χ1v) is 6.29. The van der Waals surface area contributed by atoms with Crippen LogP contribution in [0.4, 0.5) is 0 Å². The number of hydrogen-bond acceptors (Lipinski definition) is 3. The monoisotopic (exact) mass is 249 g/mol. The predicted molar refractivity (Wildman–Crippen MR) is 73.4 cm³/mol. The number of carbonyl (C=O) groups excluding carboxylic acids is 1. The predicted octanol–water partition coefficient (Wildman–Crippen LogP) is 1.88. The molecule has 18 heavy (non-hydrogen) atoms. The number of rotatable bonds is 4. The van der Waals surface area contributed by atoms with Crippen molar-refractivity contribution in [2.75, 3.05) is 6.54 Å². The fraction of sp³-hybridized carbons (Fsp3) is 0.571. The molecule has 1 rings (SSSR count). The van der Waals surface area contributed by atoms with Crippen molar-refractivity contribution < 1.29 is 4.79 Å². The number of nitrogens with zero attached hydrogens (tertiary/aromatic N) is 1. The molecule has 0 saturated heterocycles. The van der Waals surface area contributed by atoms with Crippen molar-refractivity contribution in [1.82, 2.24) is 10.3 Å². The van der Waals surface area contributed by atoms with Crippen LogP contribution in [0.2, 0.25) is 0 Å². The summed E-state index contributed by atoms with van der Waals surface area (Å²) >= 11 is 0. The van der Waals surface area contributed by atoms with Gasteiger partial charge in [0.25, 0.3) is 5.91 Å². The number of aryl methyl sites for hydroxylation is 1. The van der Waals surface area contributed by atoms with Crippen LogP contribution >= 0.6 is 0 Å². The molecule has 1 unspecified atom stereocenters. The smallest absolute Gasteiger partial charge is 0.270 e. The van der Waals surface area contributed by atoms with Gasteiger partial charge in [-0.05, 0) is 37.4 Å². The molecule has 0 aromatic carbocycles. The number of carbonyl (C=O) groups is 1. The SMILES string of the molecule is Cc1cccc(C(=O)NC(CCN)C(C)(C)C)n1. The van der Waals surface area contributed by atoms with Crippen molar-refractivity contribution in [1.29, 1.82) is 0 Å². The lowest BCUT2D eigenvalue weighted by Crippen LogP contribution is -2.45. The Labute approximate surface area is 109 Å². The Hall–Kier alpha value is -1.42. The average Bonchev–Trinajstić information content (AvgIpc) is 2.27. The molecule has 0 aliphatic rings. The Balaban J connectivity index is 2.79. The van der Waals surface area contributed by atoms with Gasteiger partial charge >= 0.3 is 0 Å². The van der Waals surface area contributed by atoms with Gasteiger partial charge in [0.05, 0.1) is 0 Å². The Morgan fingerprint density at radius 1 is 1.44 bits per heavy atom. The second-order valence-corrected chi connectivity index (χ2v) is 5.63. The van der Waals surface area contributed by atoms with E-state index >= 15 is 0 Å². The summed E-state index contributed by atoms with van der Waals surface area (Å²) in [5.41, 5.74) is 6.88. The molecule has 1 aromatic heterocycles. The molecule has 0 bridgehead atoms. The average molecular weight is 249 g/mol. The first-order chi connectivity index (χ1) is 8.34. The summed E-state index contributed by atoms with van der Waals surface area (Å²) in [7, 11) is 0. The second kappa shape index (κ2) is 5.96. The highest BCUT2D eigenvalue weighted by atomic mass is 16.1. The van der Waals surface area contributed by atoms with Crippen molar-refractivity contribution in [3.63, 3.8) is 0 Å². The molecule has 3 N–H and O–H groups in total. The molecule has 4 nitrogen and oxygen atoms in total. The van der Waals surface area contributed by atoms with Gasteiger partial charge in [0.15, 0.2) is 0 Å². The normalized spacial score (nSPS) is 13.2. The molecule has 1 aromatic rings. The van der Waals surface area contributed by atoms with Crippen molar-refractivity contribution in [3.05, 3.63) is 29.6 Å². The third kappa shape index (κ3) is 4.11. The lowest BCUT2D eigenvalue weighted by Gasteiger charge is -2.31. The largest absolute Gasteiger partial charge is 0.347 e. The minimum Gasteiger partial charge on any atom is -0.347 e. The molecule has 0 aliphatic heterocycles. The van der Waals surface area contributed by atoms with Crippen LogP contribution in [0, 0.1) is 12.3 Å². The van der Waals surface area contributed by atoms with Crippen molar-refractivity contribution in [2.45, 2.75) is 40.2 Å². The minimum atomic E-state index is -0.132. The molecule has 0 spiro atoms. The van der Waals surface area contributed by atoms with Gasteiger partial charge in [-0.3, -0.25) is 4.79 Å². The van der Waals surface area contributed by atoms with E-state index in [2.05, 4.69) is 31.1 Å².